The number of hydrogen-bond acceptors (Lipinski definition) is 4. The van der Waals surface area contributed by atoms with Gasteiger partial charge in [0.25, 0.3) is 11.8 Å². The Morgan fingerprint density at radius 1 is 0.574 bits per heavy atom. The van der Waals surface area contributed by atoms with Gasteiger partial charge in [-0.15, -0.1) is 0 Å². The zero-order chi connectivity index (χ0) is 38.9. The predicted octanol–water partition coefficient (Wildman–Crippen LogP) is 11.6. The molecule has 6 nitrogen and oxygen atoms in total. The van der Waals surface area contributed by atoms with Gasteiger partial charge in [-0.05, 0) is 106 Å². The standard InChI is InChI=1S/C48H67N3O3/c1-8-15-18-21-30-48(31-22-19-16-9-2)42-33-37(26-28-40(42)41-29-27-39(36-43(41)48)54-32-23-20-17-10-3)24-25-38-34-44(46(52)50(11-4)12-5)49-45(35-38)47(53)51(13-6)14-7/h26-29,33-36H,8-23,30-32H2,1-7H3. The molecule has 4 rings (SSSR count). The van der Waals surface area contributed by atoms with Crippen LogP contribution < -0.4 is 4.74 Å². The van der Waals surface area contributed by atoms with Crippen LogP contribution in [0, 0.1) is 11.8 Å². The molecule has 0 saturated heterocycles. The molecule has 0 bridgehead atoms. The number of carbonyl (C=O) groups is 2. The number of hydrogen-bond donors (Lipinski definition) is 0. The van der Waals surface area contributed by atoms with Gasteiger partial charge in [0.1, 0.15) is 17.1 Å². The Balaban J connectivity index is 1.80. The van der Waals surface area contributed by atoms with Crippen LogP contribution in [0.1, 0.15) is 182 Å². The lowest BCUT2D eigenvalue weighted by Gasteiger charge is -2.33. The first kappa shape index (κ1) is 42.6. The number of carbonyl (C=O) groups excluding carboxylic acids is 2. The minimum absolute atomic E-state index is 0.102. The van der Waals surface area contributed by atoms with E-state index in [9.17, 15) is 9.59 Å². The van der Waals surface area contributed by atoms with E-state index in [1.807, 2.05) is 27.7 Å². The molecule has 1 aliphatic rings. The molecule has 0 radical (unpaired) electrons. The highest BCUT2D eigenvalue weighted by atomic mass is 16.5. The van der Waals surface area contributed by atoms with Crippen molar-refractivity contribution in [1.82, 2.24) is 14.8 Å². The third-order valence-electron chi connectivity index (χ3n) is 11.2. The van der Waals surface area contributed by atoms with Gasteiger partial charge in [0.15, 0.2) is 0 Å². The van der Waals surface area contributed by atoms with Gasteiger partial charge in [0, 0.05) is 42.7 Å². The number of pyridine rings is 1. The van der Waals surface area contributed by atoms with Crippen LogP contribution in [0.3, 0.4) is 0 Å². The Hall–Kier alpha value is -4.11. The van der Waals surface area contributed by atoms with Crippen molar-refractivity contribution in [3.63, 3.8) is 0 Å². The molecule has 0 atom stereocenters. The van der Waals surface area contributed by atoms with Crippen LogP contribution in [-0.4, -0.2) is 59.4 Å². The third kappa shape index (κ3) is 10.6. The van der Waals surface area contributed by atoms with Gasteiger partial charge in [0.2, 0.25) is 0 Å². The number of nitrogens with zero attached hydrogens (tertiary/aromatic N) is 3. The highest BCUT2D eigenvalue weighted by molar-refractivity contribution is 5.97. The monoisotopic (exact) mass is 734 g/mol. The summed E-state index contributed by atoms with van der Waals surface area (Å²) >= 11 is 0. The maximum atomic E-state index is 13.5. The lowest BCUT2D eigenvalue weighted by atomic mass is 9.70. The second-order valence-corrected chi connectivity index (χ2v) is 14.9. The fraction of sp³-hybridized carbons (Fsp3) is 0.562. The van der Waals surface area contributed by atoms with E-state index in [4.69, 9.17) is 4.74 Å². The molecule has 0 spiro atoms. The lowest BCUT2D eigenvalue weighted by Crippen LogP contribution is -2.33. The fourth-order valence-electron chi connectivity index (χ4n) is 8.04. The zero-order valence-corrected chi connectivity index (χ0v) is 34.6. The number of fused-ring (bicyclic) bond motifs is 3. The van der Waals surface area contributed by atoms with Gasteiger partial charge < -0.3 is 14.5 Å². The molecule has 0 saturated carbocycles. The quantitative estimate of drug-likeness (QED) is 0.0762. The van der Waals surface area contributed by atoms with Gasteiger partial charge in [-0.3, -0.25) is 9.59 Å². The van der Waals surface area contributed by atoms with Gasteiger partial charge in [-0.1, -0.05) is 115 Å². The molecular formula is C48H67N3O3. The number of rotatable bonds is 22. The molecule has 0 fully saturated rings. The Bertz CT molecular complexity index is 1670. The highest BCUT2D eigenvalue weighted by Gasteiger charge is 2.42. The number of aromatic nitrogens is 1. The first-order chi connectivity index (χ1) is 26.3. The van der Waals surface area contributed by atoms with Crippen molar-refractivity contribution in [3.8, 4) is 28.7 Å². The second kappa shape index (κ2) is 21.7. The number of benzene rings is 2. The molecule has 6 heteroatoms. The van der Waals surface area contributed by atoms with E-state index < -0.39 is 0 Å². The zero-order valence-electron chi connectivity index (χ0n) is 34.6. The molecule has 54 heavy (non-hydrogen) atoms. The van der Waals surface area contributed by atoms with E-state index in [0.717, 1.165) is 37.2 Å². The molecule has 1 aromatic heterocycles. The van der Waals surface area contributed by atoms with E-state index in [1.165, 1.54) is 92.9 Å². The molecule has 1 heterocycles. The summed E-state index contributed by atoms with van der Waals surface area (Å²) in [5.74, 6) is 7.42. The molecule has 2 amide bonds. The van der Waals surface area contributed by atoms with Crippen molar-refractivity contribution in [2.45, 2.75) is 144 Å². The average molecular weight is 734 g/mol. The number of ether oxygens (including phenoxy) is 1. The lowest BCUT2D eigenvalue weighted by molar-refractivity contribution is 0.0760. The first-order valence-electron chi connectivity index (χ1n) is 21.3. The van der Waals surface area contributed by atoms with Crippen molar-refractivity contribution in [3.05, 3.63) is 82.2 Å². The Morgan fingerprint density at radius 3 is 1.57 bits per heavy atom. The molecular weight excluding hydrogens is 667 g/mol. The summed E-state index contributed by atoms with van der Waals surface area (Å²) in [7, 11) is 0. The Kier molecular flexibility index (Phi) is 17.1. The van der Waals surface area contributed by atoms with E-state index in [2.05, 4.69) is 74.0 Å². The van der Waals surface area contributed by atoms with Gasteiger partial charge in [0.05, 0.1) is 6.61 Å². The summed E-state index contributed by atoms with van der Waals surface area (Å²) in [4.78, 5) is 35.0. The molecule has 0 unspecified atom stereocenters. The first-order valence-corrected chi connectivity index (χ1v) is 21.3. The fourth-order valence-corrected chi connectivity index (χ4v) is 8.04. The van der Waals surface area contributed by atoms with Gasteiger partial charge in [-0.2, -0.15) is 0 Å². The second-order valence-electron chi connectivity index (χ2n) is 14.9. The largest absolute Gasteiger partial charge is 0.494 e. The van der Waals surface area contributed by atoms with Crippen LogP contribution in [-0.2, 0) is 5.41 Å². The Labute approximate surface area is 327 Å². The highest BCUT2D eigenvalue weighted by Crippen LogP contribution is 2.55. The van der Waals surface area contributed by atoms with Crippen LogP contribution in [0.25, 0.3) is 11.1 Å². The molecule has 2 aromatic carbocycles. The molecule has 1 aliphatic carbocycles. The maximum Gasteiger partial charge on any atom is 0.272 e. The molecule has 3 aromatic rings. The summed E-state index contributed by atoms with van der Waals surface area (Å²) in [5.41, 5.74) is 7.38. The summed E-state index contributed by atoms with van der Waals surface area (Å²) in [6.45, 7) is 17.6. The van der Waals surface area contributed by atoms with Crippen LogP contribution in [0.2, 0.25) is 0 Å². The number of amides is 2. The summed E-state index contributed by atoms with van der Waals surface area (Å²) in [5, 5.41) is 0. The van der Waals surface area contributed by atoms with E-state index >= 15 is 0 Å². The van der Waals surface area contributed by atoms with E-state index in [1.54, 1.807) is 21.9 Å². The van der Waals surface area contributed by atoms with Gasteiger partial charge in [-0.25, -0.2) is 4.98 Å². The summed E-state index contributed by atoms with van der Waals surface area (Å²) in [6, 6.07) is 17.0. The van der Waals surface area contributed by atoms with E-state index in [0.29, 0.717) is 31.7 Å². The normalized spacial score (nSPS) is 12.4. The summed E-state index contributed by atoms with van der Waals surface area (Å²) < 4.78 is 6.40. The molecule has 0 aliphatic heterocycles. The average Bonchev–Trinajstić information content (AvgIpc) is 3.46. The van der Waals surface area contributed by atoms with Crippen molar-refractivity contribution >= 4 is 11.8 Å². The predicted molar refractivity (Wildman–Crippen MR) is 225 cm³/mol. The van der Waals surface area contributed by atoms with Crippen molar-refractivity contribution in [2.75, 3.05) is 32.8 Å². The maximum absolute atomic E-state index is 13.5. The van der Waals surface area contributed by atoms with Crippen molar-refractivity contribution < 1.29 is 14.3 Å². The molecule has 0 N–H and O–H groups in total. The topological polar surface area (TPSA) is 62.7 Å². The minimum Gasteiger partial charge on any atom is -0.494 e. The van der Waals surface area contributed by atoms with Crippen LogP contribution in [0.4, 0.5) is 0 Å². The van der Waals surface area contributed by atoms with Crippen LogP contribution in [0.15, 0.2) is 48.5 Å². The molecule has 292 valence electrons. The minimum atomic E-state index is -0.187. The van der Waals surface area contributed by atoms with E-state index in [-0.39, 0.29) is 28.6 Å². The Morgan fingerprint density at radius 2 is 1.06 bits per heavy atom. The van der Waals surface area contributed by atoms with Crippen molar-refractivity contribution in [1.29, 1.82) is 0 Å². The third-order valence-corrected chi connectivity index (χ3v) is 11.2. The SMILES string of the molecule is CCCCCCOc1ccc2c(c1)C(CCCCCC)(CCCCCC)c1cc(C#Cc3cc(C(=O)N(CC)CC)nc(C(=O)N(CC)CC)c3)ccc1-2. The van der Waals surface area contributed by atoms with Crippen LogP contribution in [0.5, 0.6) is 5.75 Å². The van der Waals surface area contributed by atoms with Crippen molar-refractivity contribution in [2.24, 2.45) is 0 Å². The van der Waals surface area contributed by atoms with Gasteiger partial charge >= 0.3 is 0 Å². The van der Waals surface area contributed by atoms with Crippen LogP contribution >= 0.6 is 0 Å². The number of unbranched alkanes of at least 4 members (excludes halogenated alkanes) is 9. The smallest absolute Gasteiger partial charge is 0.272 e. The summed E-state index contributed by atoms with van der Waals surface area (Å²) in [6.07, 6.45) is 16.7.